The van der Waals surface area contributed by atoms with Crippen LogP contribution in [-0.2, 0) is 17.8 Å². The number of hydrogen-bond acceptors (Lipinski definition) is 6. The number of aromatic nitrogens is 3. The number of hydrogen-bond donors (Lipinski definition) is 2. The normalized spacial score (nSPS) is 10.7. The highest BCUT2D eigenvalue weighted by atomic mass is 32.2. The van der Waals surface area contributed by atoms with Crippen LogP contribution in [0.5, 0.6) is 0 Å². The molecule has 0 saturated carbocycles. The van der Waals surface area contributed by atoms with Crippen molar-refractivity contribution in [3.05, 3.63) is 94.4 Å². The first-order valence-corrected chi connectivity index (χ1v) is 12.3. The van der Waals surface area contributed by atoms with Crippen molar-refractivity contribution in [1.29, 1.82) is 0 Å². The Morgan fingerprint density at radius 1 is 0.939 bits per heavy atom. The molecule has 7 nitrogen and oxygen atoms in total. The highest BCUT2D eigenvalue weighted by molar-refractivity contribution is 7.99. The summed E-state index contributed by atoms with van der Waals surface area (Å²) < 4.78 is 2.02. The van der Waals surface area contributed by atoms with Gasteiger partial charge in [0.25, 0.3) is 0 Å². The van der Waals surface area contributed by atoms with Crippen LogP contribution >= 0.6 is 23.1 Å². The standard InChI is InChI=1S/C24H23N5O2S2/c30-22(26-23(31)25-17-18-8-3-1-4-9-18)13-15-33-24-28-27-21(16-20-12-7-14-32-20)29(24)19-10-5-2-6-11-19/h1-12,14H,13,15-17H2,(H2,25,26,30,31). The summed E-state index contributed by atoms with van der Waals surface area (Å²) in [6.45, 7) is 0.363. The van der Waals surface area contributed by atoms with E-state index in [1.54, 1.807) is 11.3 Å². The third-order valence-electron chi connectivity index (χ3n) is 4.74. The number of thioether (sulfide) groups is 1. The molecule has 2 N–H and O–H groups in total. The average Bonchev–Trinajstić information content (AvgIpc) is 3.49. The van der Waals surface area contributed by atoms with Gasteiger partial charge in [-0.05, 0) is 29.1 Å². The molecule has 0 spiro atoms. The SMILES string of the molecule is O=C(CCSc1nnc(Cc2cccs2)n1-c1ccccc1)NC(=O)NCc1ccccc1. The van der Waals surface area contributed by atoms with Gasteiger partial charge in [0.15, 0.2) is 5.16 Å². The van der Waals surface area contributed by atoms with Crippen LogP contribution in [0.2, 0.25) is 0 Å². The zero-order chi connectivity index (χ0) is 22.9. The zero-order valence-electron chi connectivity index (χ0n) is 17.8. The summed E-state index contributed by atoms with van der Waals surface area (Å²) in [7, 11) is 0. The monoisotopic (exact) mass is 477 g/mol. The Bertz CT molecular complexity index is 1180. The molecule has 4 aromatic rings. The molecule has 0 unspecified atom stereocenters. The van der Waals surface area contributed by atoms with E-state index in [2.05, 4.69) is 26.9 Å². The molecule has 9 heteroatoms. The molecule has 3 amide bonds. The largest absolute Gasteiger partial charge is 0.334 e. The van der Waals surface area contributed by atoms with Gasteiger partial charge in [-0.1, -0.05) is 66.4 Å². The van der Waals surface area contributed by atoms with Crippen LogP contribution in [0.15, 0.2) is 83.3 Å². The number of rotatable bonds is 9. The first-order chi connectivity index (χ1) is 16.2. The summed E-state index contributed by atoms with van der Waals surface area (Å²) in [6, 6.07) is 23.1. The molecule has 0 saturated heterocycles. The number of imide groups is 1. The summed E-state index contributed by atoms with van der Waals surface area (Å²) >= 11 is 3.12. The summed E-state index contributed by atoms with van der Waals surface area (Å²) in [5, 5.41) is 16.6. The lowest BCUT2D eigenvalue weighted by molar-refractivity contribution is -0.119. The molecule has 168 valence electrons. The van der Waals surface area contributed by atoms with E-state index in [0.717, 1.165) is 17.1 Å². The molecule has 33 heavy (non-hydrogen) atoms. The van der Waals surface area contributed by atoms with Crippen LogP contribution in [0.3, 0.4) is 0 Å². The van der Waals surface area contributed by atoms with Crippen molar-refractivity contribution in [2.24, 2.45) is 0 Å². The van der Waals surface area contributed by atoms with Gasteiger partial charge in [-0.2, -0.15) is 0 Å². The topological polar surface area (TPSA) is 88.9 Å². The van der Waals surface area contributed by atoms with Crippen molar-refractivity contribution in [2.75, 3.05) is 5.75 Å². The van der Waals surface area contributed by atoms with E-state index in [1.165, 1.54) is 16.6 Å². The van der Waals surface area contributed by atoms with E-state index in [4.69, 9.17) is 0 Å². The Balaban J connectivity index is 1.32. The Hall–Kier alpha value is -3.43. The molecule has 0 fully saturated rings. The number of urea groups is 1. The molecule has 0 aliphatic heterocycles. The first kappa shape index (κ1) is 22.8. The van der Waals surface area contributed by atoms with Gasteiger partial charge in [0, 0.05) is 35.7 Å². The number of thiophene rings is 1. The second-order valence-electron chi connectivity index (χ2n) is 7.14. The van der Waals surface area contributed by atoms with Gasteiger partial charge in [-0.15, -0.1) is 21.5 Å². The van der Waals surface area contributed by atoms with Crippen molar-refractivity contribution < 1.29 is 9.59 Å². The zero-order valence-corrected chi connectivity index (χ0v) is 19.4. The van der Waals surface area contributed by atoms with Gasteiger partial charge < -0.3 is 5.32 Å². The van der Waals surface area contributed by atoms with E-state index in [0.29, 0.717) is 23.9 Å². The lowest BCUT2D eigenvalue weighted by atomic mass is 10.2. The average molecular weight is 478 g/mol. The van der Waals surface area contributed by atoms with E-state index in [1.807, 2.05) is 76.7 Å². The Kier molecular flexibility index (Phi) is 7.89. The minimum Gasteiger partial charge on any atom is -0.334 e. The summed E-state index contributed by atoms with van der Waals surface area (Å²) in [6.07, 6.45) is 0.869. The number of amides is 3. The van der Waals surface area contributed by atoms with Gasteiger partial charge in [0.2, 0.25) is 5.91 Å². The number of para-hydroxylation sites is 1. The molecule has 0 bridgehead atoms. The predicted molar refractivity (Wildman–Crippen MR) is 131 cm³/mol. The molecule has 2 heterocycles. The smallest absolute Gasteiger partial charge is 0.321 e. The Morgan fingerprint density at radius 2 is 1.70 bits per heavy atom. The fraction of sp³-hybridized carbons (Fsp3) is 0.167. The lowest BCUT2D eigenvalue weighted by Crippen LogP contribution is -2.39. The molecule has 0 aliphatic rings. The molecular formula is C24H23N5O2S2. The Labute approximate surface area is 200 Å². The second-order valence-corrected chi connectivity index (χ2v) is 9.24. The van der Waals surface area contributed by atoms with Crippen molar-refractivity contribution in [3.63, 3.8) is 0 Å². The quantitative estimate of drug-likeness (QED) is 0.348. The highest BCUT2D eigenvalue weighted by Gasteiger charge is 2.16. The maximum atomic E-state index is 12.2. The number of nitrogens with zero attached hydrogens (tertiary/aromatic N) is 3. The van der Waals surface area contributed by atoms with Crippen molar-refractivity contribution in [2.45, 2.75) is 24.5 Å². The number of nitrogens with one attached hydrogen (secondary N) is 2. The van der Waals surface area contributed by atoms with E-state index < -0.39 is 6.03 Å². The van der Waals surface area contributed by atoms with Crippen LogP contribution in [0, 0.1) is 0 Å². The third-order valence-corrected chi connectivity index (χ3v) is 6.54. The number of benzene rings is 2. The van der Waals surface area contributed by atoms with Crippen LogP contribution in [-0.4, -0.2) is 32.5 Å². The summed E-state index contributed by atoms with van der Waals surface area (Å²) in [5.74, 6) is 0.982. The summed E-state index contributed by atoms with van der Waals surface area (Å²) in [5.41, 5.74) is 1.94. The summed E-state index contributed by atoms with van der Waals surface area (Å²) in [4.78, 5) is 25.4. The number of carbonyl (C=O) groups is 2. The molecule has 4 rings (SSSR count). The van der Waals surface area contributed by atoms with Gasteiger partial charge in [-0.3, -0.25) is 14.7 Å². The fourth-order valence-electron chi connectivity index (χ4n) is 3.16. The second kappa shape index (κ2) is 11.4. The molecule has 2 aromatic carbocycles. The molecular weight excluding hydrogens is 454 g/mol. The fourth-order valence-corrected chi connectivity index (χ4v) is 4.77. The number of carbonyl (C=O) groups excluding carboxylic acids is 2. The van der Waals surface area contributed by atoms with Gasteiger partial charge in [0.05, 0.1) is 0 Å². The molecule has 0 atom stereocenters. The molecule has 2 aromatic heterocycles. The highest BCUT2D eigenvalue weighted by Crippen LogP contribution is 2.24. The van der Waals surface area contributed by atoms with E-state index in [9.17, 15) is 9.59 Å². The first-order valence-electron chi connectivity index (χ1n) is 10.5. The van der Waals surface area contributed by atoms with Crippen LogP contribution in [0.25, 0.3) is 5.69 Å². The van der Waals surface area contributed by atoms with E-state index >= 15 is 0 Å². The third kappa shape index (κ3) is 6.53. The van der Waals surface area contributed by atoms with Gasteiger partial charge in [0.1, 0.15) is 5.82 Å². The van der Waals surface area contributed by atoms with Crippen LogP contribution in [0.1, 0.15) is 22.7 Å². The van der Waals surface area contributed by atoms with Gasteiger partial charge >= 0.3 is 6.03 Å². The van der Waals surface area contributed by atoms with Crippen LogP contribution < -0.4 is 10.6 Å². The van der Waals surface area contributed by atoms with Crippen molar-refractivity contribution >= 4 is 35.0 Å². The maximum Gasteiger partial charge on any atom is 0.321 e. The minimum atomic E-state index is -0.500. The molecule has 0 radical (unpaired) electrons. The van der Waals surface area contributed by atoms with Gasteiger partial charge in [-0.25, -0.2) is 4.79 Å². The Morgan fingerprint density at radius 3 is 2.42 bits per heavy atom. The van der Waals surface area contributed by atoms with E-state index in [-0.39, 0.29) is 12.3 Å². The predicted octanol–water partition coefficient (Wildman–Crippen LogP) is 4.43. The maximum absolute atomic E-state index is 12.2. The van der Waals surface area contributed by atoms with Crippen molar-refractivity contribution in [3.8, 4) is 5.69 Å². The lowest BCUT2D eigenvalue weighted by Gasteiger charge is -2.10. The van der Waals surface area contributed by atoms with Crippen molar-refractivity contribution in [1.82, 2.24) is 25.4 Å². The minimum absolute atomic E-state index is 0.186. The molecule has 0 aliphatic carbocycles. The van der Waals surface area contributed by atoms with Crippen LogP contribution in [0.4, 0.5) is 4.79 Å².